The van der Waals surface area contributed by atoms with Gasteiger partial charge in [-0.05, 0) is 37.6 Å². The number of carbonyl (C=O) groups is 1. The van der Waals surface area contributed by atoms with E-state index in [4.69, 9.17) is 14.5 Å². The van der Waals surface area contributed by atoms with Gasteiger partial charge in [-0.25, -0.2) is 0 Å². The molecule has 0 saturated carbocycles. The van der Waals surface area contributed by atoms with Gasteiger partial charge >= 0.3 is 0 Å². The van der Waals surface area contributed by atoms with Crippen molar-refractivity contribution in [3.8, 4) is 5.75 Å². The number of methoxy groups -OCH3 is 1. The molecule has 4 rings (SSSR count). The van der Waals surface area contributed by atoms with E-state index in [0.29, 0.717) is 32.8 Å². The first kappa shape index (κ1) is 19.9. The van der Waals surface area contributed by atoms with Crippen LogP contribution in [0.25, 0.3) is 0 Å². The van der Waals surface area contributed by atoms with Crippen LogP contribution in [0.4, 0.5) is 0 Å². The van der Waals surface area contributed by atoms with Gasteiger partial charge in [-0.1, -0.05) is 24.3 Å². The van der Waals surface area contributed by atoms with Gasteiger partial charge < -0.3 is 14.4 Å². The zero-order valence-electron chi connectivity index (χ0n) is 17.0. The minimum atomic E-state index is 0.199. The number of amides is 1. The normalized spacial score (nSPS) is 20.0. The maximum Gasteiger partial charge on any atom is 0.236 e. The molecule has 2 aromatic rings. The molecule has 3 heterocycles. The number of aromatic nitrogens is 1. The highest BCUT2D eigenvalue weighted by Gasteiger charge is 2.30. The minimum Gasteiger partial charge on any atom is -0.496 e. The molecule has 0 spiro atoms. The van der Waals surface area contributed by atoms with E-state index in [-0.39, 0.29) is 11.9 Å². The highest BCUT2D eigenvalue weighted by atomic mass is 16.5. The van der Waals surface area contributed by atoms with Crippen molar-refractivity contribution in [3.05, 3.63) is 59.4 Å². The Labute approximate surface area is 172 Å². The Morgan fingerprint density at radius 2 is 1.97 bits per heavy atom. The number of ether oxygens (including phenoxy) is 2. The van der Waals surface area contributed by atoms with E-state index in [1.807, 2.05) is 23.1 Å². The summed E-state index contributed by atoms with van der Waals surface area (Å²) in [7, 11) is 1.70. The standard InChI is InChI=1S/C23H29N3O3/c1-28-22-10-3-2-6-18(22)16-19-7-4-8-20(24-19)21-9-5-11-26(21)17-23(27)25-12-14-29-15-13-25/h2-4,6-8,10,21H,5,9,11-17H2,1H3/t21-/m1/s1. The van der Waals surface area contributed by atoms with Gasteiger partial charge in [0.25, 0.3) is 0 Å². The molecule has 1 atom stereocenters. The smallest absolute Gasteiger partial charge is 0.236 e. The van der Waals surface area contributed by atoms with E-state index >= 15 is 0 Å². The number of para-hydroxylation sites is 1. The first-order valence-corrected chi connectivity index (χ1v) is 10.4. The predicted molar refractivity (Wildman–Crippen MR) is 111 cm³/mol. The van der Waals surface area contributed by atoms with Crippen LogP contribution in [0, 0.1) is 0 Å². The van der Waals surface area contributed by atoms with Gasteiger partial charge in [0.2, 0.25) is 5.91 Å². The molecular weight excluding hydrogens is 366 g/mol. The quantitative estimate of drug-likeness (QED) is 0.753. The van der Waals surface area contributed by atoms with Crippen molar-refractivity contribution in [3.63, 3.8) is 0 Å². The molecule has 1 aromatic heterocycles. The van der Waals surface area contributed by atoms with E-state index in [0.717, 1.165) is 48.5 Å². The molecule has 2 saturated heterocycles. The van der Waals surface area contributed by atoms with Crippen molar-refractivity contribution in [2.24, 2.45) is 0 Å². The first-order chi connectivity index (χ1) is 14.2. The van der Waals surface area contributed by atoms with Crippen LogP contribution < -0.4 is 4.74 Å². The lowest BCUT2D eigenvalue weighted by atomic mass is 10.1. The van der Waals surface area contributed by atoms with E-state index < -0.39 is 0 Å². The summed E-state index contributed by atoms with van der Waals surface area (Å²) in [5, 5.41) is 0. The van der Waals surface area contributed by atoms with Crippen molar-refractivity contribution in [1.29, 1.82) is 0 Å². The Kier molecular flexibility index (Phi) is 6.42. The summed E-state index contributed by atoms with van der Waals surface area (Å²) in [6.07, 6.45) is 2.87. The fraction of sp³-hybridized carbons (Fsp3) is 0.478. The number of hydrogen-bond donors (Lipinski definition) is 0. The van der Waals surface area contributed by atoms with Crippen molar-refractivity contribution in [1.82, 2.24) is 14.8 Å². The van der Waals surface area contributed by atoms with Gasteiger partial charge in [0.05, 0.1) is 38.6 Å². The summed E-state index contributed by atoms with van der Waals surface area (Å²) in [5.41, 5.74) is 3.22. The number of hydrogen-bond acceptors (Lipinski definition) is 5. The number of rotatable bonds is 6. The third-order valence-corrected chi connectivity index (χ3v) is 5.80. The molecule has 0 N–H and O–H groups in total. The molecule has 2 aliphatic rings. The monoisotopic (exact) mass is 395 g/mol. The van der Waals surface area contributed by atoms with Crippen LogP contribution in [0.1, 0.15) is 35.8 Å². The zero-order chi connectivity index (χ0) is 20.1. The summed E-state index contributed by atoms with van der Waals surface area (Å²) in [4.78, 5) is 21.9. The fourth-order valence-corrected chi connectivity index (χ4v) is 4.26. The molecule has 154 valence electrons. The molecule has 6 nitrogen and oxygen atoms in total. The maximum atomic E-state index is 12.7. The van der Waals surface area contributed by atoms with E-state index in [9.17, 15) is 4.79 Å². The van der Waals surface area contributed by atoms with Crippen LogP contribution in [0.5, 0.6) is 5.75 Å². The molecule has 6 heteroatoms. The topological polar surface area (TPSA) is 54.9 Å². The number of pyridine rings is 1. The van der Waals surface area contributed by atoms with Crippen molar-refractivity contribution in [2.75, 3.05) is 46.5 Å². The lowest BCUT2D eigenvalue weighted by molar-refractivity contribution is -0.136. The largest absolute Gasteiger partial charge is 0.496 e. The highest BCUT2D eigenvalue weighted by Crippen LogP contribution is 2.31. The molecule has 0 radical (unpaired) electrons. The molecule has 0 aliphatic carbocycles. The van der Waals surface area contributed by atoms with Crippen LogP contribution in [0.15, 0.2) is 42.5 Å². The number of likely N-dealkylation sites (tertiary alicyclic amines) is 1. The number of nitrogens with zero attached hydrogens (tertiary/aromatic N) is 3. The van der Waals surface area contributed by atoms with Crippen LogP contribution >= 0.6 is 0 Å². The average molecular weight is 396 g/mol. The van der Waals surface area contributed by atoms with Crippen molar-refractivity contribution in [2.45, 2.75) is 25.3 Å². The van der Waals surface area contributed by atoms with Gasteiger partial charge in [-0.15, -0.1) is 0 Å². The second-order valence-electron chi connectivity index (χ2n) is 7.66. The molecule has 0 bridgehead atoms. The maximum absolute atomic E-state index is 12.7. The number of morpholine rings is 1. The van der Waals surface area contributed by atoms with Crippen molar-refractivity contribution >= 4 is 5.91 Å². The lowest BCUT2D eigenvalue weighted by Gasteiger charge is -2.30. The van der Waals surface area contributed by atoms with E-state index in [1.54, 1.807) is 7.11 Å². The lowest BCUT2D eigenvalue weighted by Crippen LogP contribution is -2.45. The molecule has 1 aromatic carbocycles. The Morgan fingerprint density at radius 3 is 2.79 bits per heavy atom. The van der Waals surface area contributed by atoms with Crippen LogP contribution in [-0.4, -0.2) is 67.2 Å². The molecule has 0 unspecified atom stereocenters. The summed E-state index contributed by atoms with van der Waals surface area (Å²) < 4.78 is 10.8. The Balaban J connectivity index is 1.46. The van der Waals surface area contributed by atoms with Gasteiger partial charge in [-0.3, -0.25) is 14.7 Å². The fourth-order valence-electron chi connectivity index (χ4n) is 4.26. The first-order valence-electron chi connectivity index (χ1n) is 10.4. The highest BCUT2D eigenvalue weighted by molar-refractivity contribution is 5.78. The predicted octanol–water partition coefficient (Wildman–Crippen LogP) is 2.68. The summed E-state index contributed by atoms with van der Waals surface area (Å²) in [5.74, 6) is 1.09. The second kappa shape index (κ2) is 9.37. The Hall–Kier alpha value is -2.44. The SMILES string of the molecule is COc1ccccc1Cc1cccc([C@H]2CCCN2CC(=O)N2CCOCC2)n1. The average Bonchev–Trinajstić information content (AvgIpc) is 3.23. The third-order valence-electron chi connectivity index (χ3n) is 5.80. The zero-order valence-corrected chi connectivity index (χ0v) is 17.0. The minimum absolute atomic E-state index is 0.199. The van der Waals surface area contributed by atoms with Gasteiger partial charge in [0.1, 0.15) is 5.75 Å². The van der Waals surface area contributed by atoms with Crippen LogP contribution in [-0.2, 0) is 16.0 Å². The number of carbonyl (C=O) groups excluding carboxylic acids is 1. The van der Waals surface area contributed by atoms with Crippen LogP contribution in [0.2, 0.25) is 0 Å². The molecule has 2 fully saturated rings. The van der Waals surface area contributed by atoms with Crippen LogP contribution in [0.3, 0.4) is 0 Å². The van der Waals surface area contributed by atoms with Gasteiger partial charge in [0, 0.05) is 30.8 Å². The van der Waals surface area contributed by atoms with Gasteiger partial charge in [-0.2, -0.15) is 0 Å². The van der Waals surface area contributed by atoms with Gasteiger partial charge in [0.15, 0.2) is 0 Å². The molecule has 2 aliphatic heterocycles. The summed E-state index contributed by atoms with van der Waals surface area (Å²) in [6.45, 7) is 4.08. The molecule has 29 heavy (non-hydrogen) atoms. The molecule has 1 amide bonds. The van der Waals surface area contributed by atoms with Crippen molar-refractivity contribution < 1.29 is 14.3 Å². The number of benzene rings is 1. The van der Waals surface area contributed by atoms with E-state index in [1.165, 1.54) is 0 Å². The third kappa shape index (κ3) is 4.77. The Bertz CT molecular complexity index is 836. The Morgan fingerprint density at radius 1 is 1.14 bits per heavy atom. The van der Waals surface area contributed by atoms with E-state index in [2.05, 4.69) is 29.2 Å². The molecular formula is C23H29N3O3. The second-order valence-corrected chi connectivity index (χ2v) is 7.66. The summed E-state index contributed by atoms with van der Waals surface area (Å²) in [6, 6.07) is 14.5. The summed E-state index contributed by atoms with van der Waals surface area (Å²) >= 11 is 0.